The van der Waals surface area contributed by atoms with Crippen LogP contribution in [0.3, 0.4) is 0 Å². The molecule has 0 amide bonds. The van der Waals surface area contributed by atoms with Gasteiger partial charge in [0.25, 0.3) is 0 Å². The van der Waals surface area contributed by atoms with E-state index in [0.29, 0.717) is 22.1 Å². The summed E-state index contributed by atoms with van der Waals surface area (Å²) in [6.45, 7) is 1.73. The lowest BCUT2D eigenvalue weighted by Crippen LogP contribution is -2.00. The van der Waals surface area contributed by atoms with Crippen LogP contribution in [0.5, 0.6) is 5.88 Å². The summed E-state index contributed by atoms with van der Waals surface area (Å²) in [6.07, 6.45) is 1.59. The Balaban J connectivity index is 2.00. The molecule has 22 heavy (non-hydrogen) atoms. The molecule has 0 spiro atoms. The van der Waals surface area contributed by atoms with Gasteiger partial charge in [0, 0.05) is 0 Å². The van der Waals surface area contributed by atoms with Gasteiger partial charge in [-0.15, -0.1) is 16.4 Å². The van der Waals surface area contributed by atoms with Gasteiger partial charge in [-0.2, -0.15) is 4.98 Å². The van der Waals surface area contributed by atoms with Crippen molar-refractivity contribution >= 4 is 11.3 Å². The zero-order valence-electron chi connectivity index (χ0n) is 11.9. The Hall–Kier alpha value is -2.32. The summed E-state index contributed by atoms with van der Waals surface area (Å²) < 4.78 is 20.4. The molecule has 1 N–H and O–H groups in total. The lowest BCUT2D eigenvalue weighted by atomic mass is 10.2. The van der Waals surface area contributed by atoms with Crippen molar-refractivity contribution in [1.82, 2.24) is 20.0 Å². The lowest BCUT2D eigenvalue weighted by Gasteiger charge is -2.03. The number of aryl methyl sites for hydroxylation is 1. The van der Waals surface area contributed by atoms with Crippen molar-refractivity contribution in [1.29, 1.82) is 0 Å². The van der Waals surface area contributed by atoms with Crippen LogP contribution in [-0.2, 0) is 6.61 Å². The predicted molar refractivity (Wildman–Crippen MR) is 79.6 cm³/mol. The highest BCUT2D eigenvalue weighted by Gasteiger charge is 2.15. The molecule has 3 aromatic rings. The minimum absolute atomic E-state index is 0.169. The number of aromatic nitrogens is 4. The molecule has 2 heterocycles. The summed E-state index contributed by atoms with van der Waals surface area (Å²) in [7, 11) is 1.55. The second kappa shape index (κ2) is 5.82. The number of rotatable bonds is 4. The number of nitrogens with zero attached hydrogens (tertiary/aromatic N) is 4. The maximum absolute atomic E-state index is 13.9. The summed E-state index contributed by atoms with van der Waals surface area (Å²) >= 11 is 1.43. The van der Waals surface area contributed by atoms with E-state index >= 15 is 0 Å². The fraction of sp³-hybridized carbons (Fsp3) is 0.214. The van der Waals surface area contributed by atoms with E-state index in [9.17, 15) is 4.39 Å². The first-order valence-electron chi connectivity index (χ1n) is 6.46. The van der Waals surface area contributed by atoms with E-state index in [2.05, 4.69) is 15.3 Å². The molecular weight excluding hydrogens is 307 g/mol. The number of thiazole rings is 1. The predicted octanol–water partition coefficient (Wildman–Crippen LogP) is 2.34. The summed E-state index contributed by atoms with van der Waals surface area (Å²) in [4.78, 5) is 5.24. The van der Waals surface area contributed by atoms with Gasteiger partial charge in [0.2, 0.25) is 5.88 Å². The normalized spacial score (nSPS) is 10.9. The van der Waals surface area contributed by atoms with Gasteiger partial charge in [0.1, 0.15) is 22.2 Å². The molecule has 0 saturated heterocycles. The van der Waals surface area contributed by atoms with E-state index in [1.54, 1.807) is 13.3 Å². The lowest BCUT2D eigenvalue weighted by molar-refractivity contribution is 0.281. The minimum Gasteiger partial charge on any atom is -0.480 e. The molecule has 1 aromatic carbocycles. The number of ether oxygens (including phenoxy) is 1. The standard InChI is InChI=1S/C14H13FN4O2S/c1-8-13(21-2)16-14(22-8)11-6-19(18-17-11)12-5-9(7-20)3-4-10(12)15/h3-6,20H,7H2,1-2H3. The number of hydrogen-bond donors (Lipinski definition) is 1. The van der Waals surface area contributed by atoms with E-state index < -0.39 is 5.82 Å². The number of aliphatic hydroxyl groups is 1. The van der Waals surface area contributed by atoms with Crippen molar-refractivity contribution in [3.8, 4) is 22.3 Å². The number of benzene rings is 1. The number of hydrogen-bond acceptors (Lipinski definition) is 6. The van der Waals surface area contributed by atoms with E-state index in [1.807, 2.05) is 6.92 Å². The van der Waals surface area contributed by atoms with Gasteiger partial charge in [-0.05, 0) is 24.6 Å². The van der Waals surface area contributed by atoms with E-state index in [-0.39, 0.29) is 12.3 Å². The Morgan fingerprint density at radius 2 is 2.23 bits per heavy atom. The van der Waals surface area contributed by atoms with Gasteiger partial charge >= 0.3 is 0 Å². The molecule has 0 fully saturated rings. The summed E-state index contributed by atoms with van der Waals surface area (Å²) in [5.74, 6) is 0.101. The third kappa shape index (κ3) is 2.58. The number of methoxy groups -OCH3 is 1. The SMILES string of the molecule is COc1nc(-c2cn(-c3cc(CO)ccc3F)nn2)sc1C. The van der Waals surface area contributed by atoms with Crippen LogP contribution in [0.25, 0.3) is 16.4 Å². The van der Waals surface area contributed by atoms with Crippen LogP contribution in [0, 0.1) is 12.7 Å². The highest BCUT2D eigenvalue weighted by Crippen LogP contribution is 2.30. The van der Waals surface area contributed by atoms with Crippen LogP contribution in [0.2, 0.25) is 0 Å². The first-order valence-corrected chi connectivity index (χ1v) is 7.28. The second-order valence-electron chi connectivity index (χ2n) is 4.58. The fourth-order valence-electron chi connectivity index (χ4n) is 1.99. The highest BCUT2D eigenvalue weighted by molar-refractivity contribution is 7.15. The average molecular weight is 320 g/mol. The van der Waals surface area contributed by atoms with Crippen molar-refractivity contribution in [2.45, 2.75) is 13.5 Å². The van der Waals surface area contributed by atoms with E-state index in [1.165, 1.54) is 34.2 Å². The zero-order valence-corrected chi connectivity index (χ0v) is 12.8. The molecule has 6 nitrogen and oxygen atoms in total. The van der Waals surface area contributed by atoms with Gasteiger partial charge in [0.15, 0.2) is 0 Å². The van der Waals surface area contributed by atoms with Crippen LogP contribution in [-0.4, -0.2) is 32.2 Å². The molecule has 0 atom stereocenters. The van der Waals surface area contributed by atoms with Crippen LogP contribution in [0.4, 0.5) is 4.39 Å². The largest absolute Gasteiger partial charge is 0.480 e. The minimum atomic E-state index is -0.443. The topological polar surface area (TPSA) is 73.1 Å². The van der Waals surface area contributed by atoms with Crippen molar-refractivity contribution in [2.75, 3.05) is 7.11 Å². The average Bonchev–Trinajstić information content (AvgIpc) is 3.14. The van der Waals surface area contributed by atoms with Gasteiger partial charge in [-0.3, -0.25) is 0 Å². The molecule has 0 aliphatic carbocycles. The second-order valence-corrected chi connectivity index (χ2v) is 5.78. The van der Waals surface area contributed by atoms with Crippen molar-refractivity contribution in [3.63, 3.8) is 0 Å². The Morgan fingerprint density at radius 1 is 1.41 bits per heavy atom. The third-order valence-corrected chi connectivity index (χ3v) is 4.07. The van der Waals surface area contributed by atoms with E-state index in [0.717, 1.165) is 4.88 Å². The summed E-state index contributed by atoms with van der Waals surface area (Å²) in [5.41, 5.74) is 1.36. The fourth-order valence-corrected chi connectivity index (χ4v) is 2.83. The van der Waals surface area contributed by atoms with Crippen molar-refractivity contribution in [3.05, 3.63) is 40.7 Å². The monoisotopic (exact) mass is 320 g/mol. The first-order chi connectivity index (χ1) is 10.6. The zero-order chi connectivity index (χ0) is 15.7. The maximum atomic E-state index is 13.9. The Labute approximate surface area is 129 Å². The quantitative estimate of drug-likeness (QED) is 0.799. The van der Waals surface area contributed by atoms with Gasteiger partial charge in [0.05, 0.1) is 24.8 Å². The third-order valence-electron chi connectivity index (χ3n) is 3.10. The molecule has 8 heteroatoms. The van der Waals surface area contributed by atoms with E-state index in [4.69, 9.17) is 9.84 Å². The molecule has 0 aliphatic rings. The van der Waals surface area contributed by atoms with Gasteiger partial charge in [-0.25, -0.2) is 9.07 Å². The highest BCUT2D eigenvalue weighted by atomic mass is 32.1. The molecule has 0 aliphatic heterocycles. The van der Waals surface area contributed by atoms with Crippen LogP contribution < -0.4 is 4.74 Å². The van der Waals surface area contributed by atoms with Gasteiger partial charge in [-0.1, -0.05) is 11.3 Å². The van der Waals surface area contributed by atoms with Crippen LogP contribution in [0.15, 0.2) is 24.4 Å². The van der Waals surface area contributed by atoms with Crippen LogP contribution in [0.1, 0.15) is 10.4 Å². The molecule has 0 radical (unpaired) electrons. The molecule has 2 aromatic heterocycles. The summed E-state index contributed by atoms with van der Waals surface area (Å²) in [5, 5.41) is 17.8. The molecule has 3 rings (SSSR count). The Kier molecular flexibility index (Phi) is 3.86. The molecule has 0 bridgehead atoms. The van der Waals surface area contributed by atoms with Crippen molar-refractivity contribution < 1.29 is 14.2 Å². The van der Waals surface area contributed by atoms with Crippen LogP contribution >= 0.6 is 11.3 Å². The number of aliphatic hydroxyl groups excluding tert-OH is 1. The smallest absolute Gasteiger partial charge is 0.227 e. The summed E-state index contributed by atoms with van der Waals surface area (Å²) in [6, 6.07) is 4.34. The van der Waals surface area contributed by atoms with Crippen molar-refractivity contribution in [2.24, 2.45) is 0 Å². The molecule has 114 valence electrons. The Morgan fingerprint density at radius 3 is 2.91 bits per heavy atom. The molecule has 0 unspecified atom stereocenters. The molecular formula is C14H13FN4O2S. The molecule has 0 saturated carbocycles. The van der Waals surface area contributed by atoms with Gasteiger partial charge < -0.3 is 9.84 Å². The maximum Gasteiger partial charge on any atom is 0.227 e. The first kappa shape index (κ1) is 14.6. The Bertz CT molecular complexity index is 815. The number of halogens is 1.